The number of non-ortho nitro benzene ring substituents is 1. The van der Waals surface area contributed by atoms with Crippen molar-refractivity contribution in [3.05, 3.63) is 64.2 Å². The summed E-state index contributed by atoms with van der Waals surface area (Å²) in [6, 6.07) is 13.5. The highest BCUT2D eigenvalue weighted by Gasteiger charge is 2.27. The quantitative estimate of drug-likeness (QED) is 0.386. The number of nitro groups is 1. The Labute approximate surface area is 168 Å². The van der Waals surface area contributed by atoms with E-state index in [1.54, 1.807) is 17.8 Å². The lowest BCUT2D eigenvalue weighted by molar-refractivity contribution is -0.384. The van der Waals surface area contributed by atoms with Crippen molar-refractivity contribution in [2.24, 2.45) is 7.05 Å². The molecule has 0 fully saturated rings. The maximum atomic E-state index is 12.8. The van der Waals surface area contributed by atoms with Crippen molar-refractivity contribution < 1.29 is 14.5 Å². The molecule has 1 aromatic heterocycles. The molecule has 8 nitrogen and oxygen atoms in total. The number of carbonyl (C=O) groups is 1. The number of aromatic nitrogens is 2. The number of fused-ring (bicyclic) bond motifs is 1. The molecular weight excluding hydrogens is 372 g/mol. The Hall–Kier alpha value is -3.42. The molecule has 0 radical (unpaired) electrons. The first-order chi connectivity index (χ1) is 13.6. The van der Waals surface area contributed by atoms with Crippen LogP contribution in [0.2, 0.25) is 0 Å². The van der Waals surface area contributed by atoms with Gasteiger partial charge in [0.1, 0.15) is 11.6 Å². The Morgan fingerprint density at radius 3 is 2.55 bits per heavy atom. The van der Waals surface area contributed by atoms with Crippen LogP contribution in [0.5, 0.6) is 0 Å². The van der Waals surface area contributed by atoms with Crippen molar-refractivity contribution in [1.82, 2.24) is 9.78 Å². The summed E-state index contributed by atoms with van der Waals surface area (Å²) in [5, 5.41) is 19.4. The number of anilines is 1. The van der Waals surface area contributed by atoms with Gasteiger partial charge in [-0.15, -0.1) is 0 Å². The van der Waals surface area contributed by atoms with Crippen molar-refractivity contribution in [2.45, 2.75) is 38.8 Å². The molecule has 152 valence electrons. The summed E-state index contributed by atoms with van der Waals surface area (Å²) in [5.74, 6) is 0.0891. The predicted octanol–water partition coefficient (Wildman–Crippen LogP) is 3.85. The average molecular weight is 396 g/mol. The van der Waals surface area contributed by atoms with E-state index in [1.165, 1.54) is 12.1 Å². The van der Waals surface area contributed by atoms with Crippen LogP contribution in [-0.2, 0) is 23.0 Å². The summed E-state index contributed by atoms with van der Waals surface area (Å²) in [5.41, 5.74) is 0.941. The molecule has 0 saturated heterocycles. The highest BCUT2D eigenvalue weighted by atomic mass is 16.6. The molecule has 1 N–H and O–H groups in total. The van der Waals surface area contributed by atoms with Gasteiger partial charge in [0, 0.05) is 31.0 Å². The smallest absolute Gasteiger partial charge is 0.329 e. The normalized spacial score (nSPS) is 12.6. The van der Waals surface area contributed by atoms with Gasteiger partial charge < -0.3 is 10.1 Å². The van der Waals surface area contributed by atoms with Gasteiger partial charge in [-0.2, -0.15) is 5.10 Å². The molecule has 29 heavy (non-hydrogen) atoms. The number of benzene rings is 2. The number of hydrogen-bond acceptors (Lipinski definition) is 6. The number of aryl methyl sites for hydroxylation is 1. The highest BCUT2D eigenvalue weighted by Crippen LogP contribution is 2.27. The Morgan fingerprint density at radius 2 is 1.93 bits per heavy atom. The summed E-state index contributed by atoms with van der Waals surface area (Å²) >= 11 is 0. The molecule has 0 bridgehead atoms. The van der Waals surface area contributed by atoms with E-state index in [1.807, 2.05) is 51.1 Å². The molecule has 1 atom stereocenters. The van der Waals surface area contributed by atoms with E-state index in [0.717, 1.165) is 5.56 Å². The third-order valence-corrected chi connectivity index (χ3v) is 4.33. The van der Waals surface area contributed by atoms with Gasteiger partial charge >= 0.3 is 5.97 Å². The van der Waals surface area contributed by atoms with Crippen LogP contribution in [0, 0.1) is 10.1 Å². The molecular formula is C21H24N4O4. The summed E-state index contributed by atoms with van der Waals surface area (Å²) in [6.45, 7) is 5.46. The third kappa shape index (κ3) is 4.90. The van der Waals surface area contributed by atoms with Crippen LogP contribution < -0.4 is 5.32 Å². The molecule has 0 saturated carbocycles. The van der Waals surface area contributed by atoms with Gasteiger partial charge in [0.05, 0.1) is 10.4 Å². The van der Waals surface area contributed by atoms with Crippen molar-refractivity contribution >= 4 is 28.4 Å². The fraction of sp³-hybridized carbons (Fsp3) is 0.333. The largest absolute Gasteiger partial charge is 0.458 e. The number of nitrogens with one attached hydrogen (secondary N) is 1. The molecule has 8 heteroatoms. The number of rotatable bonds is 6. The van der Waals surface area contributed by atoms with Crippen LogP contribution in [0.25, 0.3) is 10.9 Å². The number of nitro benzene ring substituents is 1. The van der Waals surface area contributed by atoms with E-state index in [0.29, 0.717) is 23.1 Å². The van der Waals surface area contributed by atoms with Crippen LogP contribution in [0.4, 0.5) is 11.5 Å². The second kappa shape index (κ2) is 7.90. The SMILES string of the molecule is Cn1nc(NC(Cc2ccccc2)C(=O)OC(C)(C)C)c2ccc([N+](=O)[O-])cc21. The van der Waals surface area contributed by atoms with Gasteiger partial charge in [-0.3, -0.25) is 14.8 Å². The van der Waals surface area contributed by atoms with Gasteiger partial charge in [0.25, 0.3) is 5.69 Å². The van der Waals surface area contributed by atoms with Gasteiger partial charge in [-0.05, 0) is 32.4 Å². The van der Waals surface area contributed by atoms with Crippen LogP contribution in [0.15, 0.2) is 48.5 Å². The average Bonchev–Trinajstić information content (AvgIpc) is 2.96. The first kappa shape index (κ1) is 20.3. The van der Waals surface area contributed by atoms with Gasteiger partial charge in [0.2, 0.25) is 0 Å². The minimum Gasteiger partial charge on any atom is -0.458 e. The van der Waals surface area contributed by atoms with Crippen molar-refractivity contribution in [3.8, 4) is 0 Å². The van der Waals surface area contributed by atoms with Crippen molar-refractivity contribution in [2.75, 3.05) is 5.32 Å². The zero-order chi connectivity index (χ0) is 21.2. The lowest BCUT2D eigenvalue weighted by Gasteiger charge is -2.24. The Morgan fingerprint density at radius 1 is 1.24 bits per heavy atom. The molecule has 1 heterocycles. The molecule has 1 unspecified atom stereocenters. The maximum Gasteiger partial charge on any atom is 0.329 e. The second-order valence-corrected chi connectivity index (χ2v) is 7.85. The first-order valence-electron chi connectivity index (χ1n) is 9.28. The van der Waals surface area contributed by atoms with Crippen LogP contribution in [-0.4, -0.2) is 32.3 Å². The Bertz CT molecular complexity index is 1040. The van der Waals surface area contributed by atoms with Gasteiger partial charge in [0.15, 0.2) is 5.82 Å². The zero-order valence-corrected chi connectivity index (χ0v) is 16.9. The minimum atomic E-state index is -0.662. The van der Waals surface area contributed by atoms with E-state index in [9.17, 15) is 14.9 Å². The molecule has 0 spiro atoms. The van der Waals surface area contributed by atoms with E-state index < -0.39 is 16.6 Å². The Kier molecular flexibility index (Phi) is 5.54. The Balaban J connectivity index is 1.94. The first-order valence-corrected chi connectivity index (χ1v) is 9.28. The third-order valence-electron chi connectivity index (χ3n) is 4.33. The maximum absolute atomic E-state index is 12.8. The van der Waals surface area contributed by atoms with E-state index >= 15 is 0 Å². The minimum absolute atomic E-state index is 0.0139. The summed E-state index contributed by atoms with van der Waals surface area (Å²) in [4.78, 5) is 23.5. The van der Waals surface area contributed by atoms with E-state index in [4.69, 9.17) is 4.74 Å². The monoisotopic (exact) mass is 396 g/mol. The van der Waals surface area contributed by atoms with Gasteiger partial charge in [-0.1, -0.05) is 30.3 Å². The number of esters is 1. The fourth-order valence-electron chi connectivity index (χ4n) is 3.05. The van der Waals surface area contributed by atoms with E-state index in [2.05, 4.69) is 10.4 Å². The summed E-state index contributed by atoms with van der Waals surface area (Å²) in [6.07, 6.45) is 0.417. The molecule has 0 aliphatic rings. The molecule has 3 rings (SSSR count). The highest BCUT2D eigenvalue weighted by molar-refractivity contribution is 5.93. The number of nitrogens with zero attached hydrogens (tertiary/aromatic N) is 3. The topological polar surface area (TPSA) is 99.3 Å². The molecule has 0 amide bonds. The molecule has 0 aliphatic carbocycles. The number of hydrogen-bond donors (Lipinski definition) is 1. The van der Waals surface area contributed by atoms with Crippen LogP contribution in [0.1, 0.15) is 26.3 Å². The fourth-order valence-corrected chi connectivity index (χ4v) is 3.05. The lowest BCUT2D eigenvalue weighted by Crippen LogP contribution is -2.38. The van der Waals surface area contributed by atoms with Crippen LogP contribution >= 0.6 is 0 Å². The second-order valence-electron chi connectivity index (χ2n) is 7.85. The summed E-state index contributed by atoms with van der Waals surface area (Å²) in [7, 11) is 1.71. The molecule has 0 aliphatic heterocycles. The number of carbonyl (C=O) groups excluding carboxylic acids is 1. The van der Waals surface area contributed by atoms with Gasteiger partial charge in [-0.25, -0.2) is 4.79 Å². The van der Waals surface area contributed by atoms with Crippen LogP contribution in [0.3, 0.4) is 0 Å². The number of ether oxygens (including phenoxy) is 1. The molecule has 3 aromatic rings. The van der Waals surface area contributed by atoms with Crippen molar-refractivity contribution in [1.29, 1.82) is 0 Å². The predicted molar refractivity (Wildman–Crippen MR) is 111 cm³/mol. The lowest BCUT2D eigenvalue weighted by atomic mass is 10.1. The zero-order valence-electron chi connectivity index (χ0n) is 16.9. The molecule has 2 aromatic carbocycles. The van der Waals surface area contributed by atoms with Crippen molar-refractivity contribution in [3.63, 3.8) is 0 Å². The summed E-state index contributed by atoms with van der Waals surface area (Å²) < 4.78 is 7.14. The van der Waals surface area contributed by atoms with E-state index in [-0.39, 0.29) is 11.7 Å². The standard InChI is InChI=1S/C21H24N4O4/c1-21(2,3)29-20(26)17(12-14-8-6-5-7-9-14)22-19-16-11-10-15(25(27)28)13-18(16)24(4)23-19/h5-11,13,17H,12H2,1-4H3,(H,22,23).